The van der Waals surface area contributed by atoms with E-state index in [4.69, 9.17) is 38.4 Å². The molecule has 0 amide bonds. The number of rotatable bonds is 6. The molecule has 7 nitrogen and oxygen atoms in total. The van der Waals surface area contributed by atoms with Gasteiger partial charge >= 0.3 is 0 Å². The lowest BCUT2D eigenvalue weighted by molar-refractivity contribution is 0.334. The Morgan fingerprint density at radius 3 is 2.70 bits per heavy atom. The number of nitrogens with zero attached hydrogens (tertiary/aromatic N) is 4. The summed E-state index contributed by atoms with van der Waals surface area (Å²) in [4.78, 5) is 13.0. The van der Waals surface area contributed by atoms with E-state index in [9.17, 15) is 0 Å². The van der Waals surface area contributed by atoms with E-state index in [2.05, 4.69) is 15.0 Å². The first kappa shape index (κ1) is 23.1. The Labute approximate surface area is 200 Å². The molecule has 3 heterocycles. The molecule has 1 atom stereocenters. The third-order valence-corrected chi connectivity index (χ3v) is 5.91. The van der Waals surface area contributed by atoms with Crippen molar-refractivity contribution in [3.8, 4) is 22.8 Å². The molecule has 4 rings (SSSR count). The van der Waals surface area contributed by atoms with E-state index < -0.39 is 11.7 Å². The van der Waals surface area contributed by atoms with Crippen molar-refractivity contribution in [2.45, 2.75) is 26.7 Å². The molecule has 2 N–H and O–H groups in total. The lowest BCUT2D eigenvalue weighted by Gasteiger charge is -2.21. The lowest BCUT2D eigenvalue weighted by atomic mass is 9.93. The molecule has 10 heteroatoms. The van der Waals surface area contributed by atoms with Crippen LogP contribution in [-0.4, -0.2) is 33.1 Å². The molecule has 0 radical (unpaired) electrons. The van der Waals surface area contributed by atoms with Gasteiger partial charge in [0.05, 0.1) is 29.9 Å². The maximum atomic E-state index is 15.5. The Kier molecular flexibility index (Phi) is 6.32. The number of methoxy groups -OCH3 is 1. The van der Waals surface area contributed by atoms with E-state index in [1.807, 2.05) is 20.8 Å². The van der Waals surface area contributed by atoms with Crippen LogP contribution in [0.3, 0.4) is 0 Å². The van der Waals surface area contributed by atoms with Gasteiger partial charge in [-0.3, -0.25) is 4.40 Å². The number of anilines is 1. The van der Waals surface area contributed by atoms with Gasteiger partial charge in [-0.05, 0) is 32.0 Å². The second-order valence-electron chi connectivity index (χ2n) is 7.42. The average Bonchev–Trinajstić information content (AvgIpc) is 3.14. The summed E-state index contributed by atoms with van der Waals surface area (Å²) in [5, 5.41) is 0.157. The minimum Gasteiger partial charge on any atom is -0.493 e. The van der Waals surface area contributed by atoms with Crippen molar-refractivity contribution in [2.24, 2.45) is 0 Å². The van der Waals surface area contributed by atoms with Gasteiger partial charge in [0.2, 0.25) is 5.88 Å². The van der Waals surface area contributed by atoms with Gasteiger partial charge in [-0.2, -0.15) is 0 Å². The number of hydrogen-bond acceptors (Lipinski definition) is 6. The zero-order valence-corrected chi connectivity index (χ0v) is 20.0. The van der Waals surface area contributed by atoms with Crippen molar-refractivity contribution in [3.63, 3.8) is 0 Å². The number of nitrogen functional groups attached to an aromatic ring is 1. The lowest BCUT2D eigenvalue weighted by Crippen LogP contribution is -2.09. The molecule has 4 aromatic rings. The fourth-order valence-electron chi connectivity index (χ4n) is 3.86. The summed E-state index contributed by atoms with van der Waals surface area (Å²) < 4.78 is 28.7. The van der Waals surface area contributed by atoms with Crippen molar-refractivity contribution in [2.75, 3.05) is 19.5 Å². The summed E-state index contributed by atoms with van der Waals surface area (Å²) >= 11 is 12.7. The van der Waals surface area contributed by atoms with Crippen LogP contribution in [0, 0.1) is 12.7 Å². The fourth-order valence-corrected chi connectivity index (χ4v) is 4.34. The summed E-state index contributed by atoms with van der Waals surface area (Å²) in [6, 6.07) is 5.05. The molecule has 0 unspecified atom stereocenters. The molecule has 0 spiro atoms. The number of halogens is 3. The van der Waals surface area contributed by atoms with Crippen molar-refractivity contribution in [1.82, 2.24) is 19.4 Å². The summed E-state index contributed by atoms with van der Waals surface area (Å²) in [5.74, 6) is 0.406. The zero-order valence-electron chi connectivity index (χ0n) is 18.5. The van der Waals surface area contributed by atoms with Crippen LogP contribution in [-0.2, 0) is 0 Å². The van der Waals surface area contributed by atoms with E-state index in [1.165, 1.54) is 7.11 Å². The highest BCUT2D eigenvalue weighted by molar-refractivity contribution is 6.33. The molecule has 0 fully saturated rings. The summed E-state index contributed by atoms with van der Waals surface area (Å²) in [5.41, 5.74) is 8.46. The summed E-state index contributed by atoms with van der Waals surface area (Å²) in [7, 11) is 1.48. The van der Waals surface area contributed by atoms with E-state index in [0.29, 0.717) is 34.8 Å². The molecule has 0 aliphatic rings. The number of nitrogens with two attached hydrogens (primary N) is 1. The second kappa shape index (κ2) is 9.03. The molecule has 1 aromatic carbocycles. The predicted octanol–water partition coefficient (Wildman–Crippen LogP) is 5.69. The molecule has 33 heavy (non-hydrogen) atoms. The number of benzene rings is 1. The van der Waals surface area contributed by atoms with Crippen molar-refractivity contribution >= 4 is 34.5 Å². The van der Waals surface area contributed by atoms with E-state index in [0.717, 1.165) is 5.69 Å². The number of pyridine rings is 1. The van der Waals surface area contributed by atoms with Crippen molar-refractivity contribution < 1.29 is 13.9 Å². The van der Waals surface area contributed by atoms with Gasteiger partial charge in [0, 0.05) is 29.6 Å². The minimum atomic E-state index is -0.625. The first-order valence-electron chi connectivity index (χ1n) is 10.2. The highest BCUT2D eigenvalue weighted by atomic mass is 35.5. The van der Waals surface area contributed by atoms with Crippen LogP contribution in [0.4, 0.5) is 10.2 Å². The van der Waals surface area contributed by atoms with Crippen LogP contribution in [0.5, 0.6) is 11.6 Å². The first-order valence-corrected chi connectivity index (χ1v) is 11.0. The normalized spacial score (nSPS) is 12.2. The summed E-state index contributed by atoms with van der Waals surface area (Å²) in [6.07, 6.45) is 3.28. The molecule has 0 saturated heterocycles. The monoisotopic (exact) mass is 489 g/mol. The van der Waals surface area contributed by atoms with Crippen LogP contribution in [0.1, 0.15) is 36.8 Å². The molecule has 3 aromatic heterocycles. The van der Waals surface area contributed by atoms with Gasteiger partial charge < -0.3 is 15.2 Å². The van der Waals surface area contributed by atoms with Gasteiger partial charge in [0.1, 0.15) is 17.1 Å². The quantitative estimate of drug-likeness (QED) is 0.374. The number of aromatic nitrogens is 4. The number of hydrogen-bond donors (Lipinski definition) is 1. The third-order valence-electron chi connectivity index (χ3n) is 5.37. The zero-order chi connectivity index (χ0) is 23.9. The van der Waals surface area contributed by atoms with Crippen LogP contribution in [0.15, 0.2) is 30.6 Å². The molecular formula is C23H22Cl2FN5O2. The number of fused-ring (bicyclic) bond motifs is 1. The van der Waals surface area contributed by atoms with Gasteiger partial charge in [-0.1, -0.05) is 30.1 Å². The maximum absolute atomic E-state index is 15.5. The standard InChI is InChI=1S/C23H22Cl2FN5O2/c1-5-33-19-14(12(3)22-30-20(25)18-21(27)28-8-9-31(18)22)10-15(24)17(26)16(19)13-7-6-11(2)29-23(13)32-4/h6-10,12H,5H2,1-4H3,(H2,27,28)/t12-/m0/s1. The topological polar surface area (TPSA) is 87.6 Å². The van der Waals surface area contributed by atoms with E-state index in [1.54, 1.807) is 35.0 Å². The Bertz CT molecular complexity index is 1360. The second-order valence-corrected chi connectivity index (χ2v) is 8.19. The predicted molar refractivity (Wildman–Crippen MR) is 127 cm³/mol. The Hall–Kier alpha value is -3.10. The highest BCUT2D eigenvalue weighted by Crippen LogP contribution is 2.46. The minimum absolute atomic E-state index is 0.0638. The highest BCUT2D eigenvalue weighted by Gasteiger charge is 2.28. The fraction of sp³-hybridized carbons (Fsp3) is 0.261. The molecule has 0 bridgehead atoms. The molecule has 0 aliphatic carbocycles. The smallest absolute Gasteiger partial charge is 0.221 e. The van der Waals surface area contributed by atoms with Gasteiger partial charge in [-0.25, -0.2) is 19.3 Å². The van der Waals surface area contributed by atoms with Gasteiger partial charge in [0.25, 0.3) is 0 Å². The van der Waals surface area contributed by atoms with Crippen LogP contribution >= 0.6 is 23.2 Å². The van der Waals surface area contributed by atoms with Gasteiger partial charge in [-0.15, -0.1) is 0 Å². The van der Waals surface area contributed by atoms with Crippen LogP contribution < -0.4 is 15.2 Å². The Balaban J connectivity index is 2.00. The first-order chi connectivity index (χ1) is 15.8. The Morgan fingerprint density at radius 1 is 1.24 bits per heavy atom. The summed E-state index contributed by atoms with van der Waals surface area (Å²) in [6.45, 7) is 5.85. The van der Waals surface area contributed by atoms with Crippen molar-refractivity contribution in [3.05, 3.63) is 63.7 Å². The van der Waals surface area contributed by atoms with Crippen molar-refractivity contribution in [1.29, 1.82) is 0 Å². The third kappa shape index (κ3) is 3.94. The Morgan fingerprint density at radius 2 is 2.00 bits per heavy atom. The molecule has 0 aliphatic heterocycles. The molecular weight excluding hydrogens is 468 g/mol. The van der Waals surface area contributed by atoms with Crippen LogP contribution in [0.2, 0.25) is 10.2 Å². The number of ether oxygens (including phenoxy) is 2. The average molecular weight is 490 g/mol. The largest absolute Gasteiger partial charge is 0.493 e. The number of aryl methyl sites for hydroxylation is 1. The number of imidazole rings is 1. The van der Waals surface area contributed by atoms with Crippen LogP contribution in [0.25, 0.3) is 16.6 Å². The van der Waals surface area contributed by atoms with E-state index >= 15 is 4.39 Å². The van der Waals surface area contributed by atoms with E-state index in [-0.39, 0.29) is 27.4 Å². The maximum Gasteiger partial charge on any atom is 0.221 e. The molecule has 0 saturated carbocycles. The SMILES string of the molecule is CCOc1c([C@H](C)c2nc(Cl)c3c(N)nccn23)cc(Cl)c(F)c1-c1ccc(C)nc1OC. The van der Waals surface area contributed by atoms with Gasteiger partial charge in [0.15, 0.2) is 16.8 Å². The molecule has 172 valence electrons.